The number of rotatable bonds is 1. The van der Waals surface area contributed by atoms with Crippen LogP contribution in [0, 0.1) is 17.8 Å². The lowest BCUT2D eigenvalue weighted by molar-refractivity contribution is 0.217. The van der Waals surface area contributed by atoms with Gasteiger partial charge < -0.3 is 0 Å². The molecule has 0 heterocycles. The summed E-state index contributed by atoms with van der Waals surface area (Å²) in [5, 5.41) is 0. The van der Waals surface area contributed by atoms with Crippen molar-refractivity contribution in [1.82, 2.24) is 0 Å². The van der Waals surface area contributed by atoms with Crippen molar-refractivity contribution in [2.45, 2.75) is 45.4 Å². The quantitative estimate of drug-likeness (QED) is 0.589. The molecule has 0 atom stereocenters. The molecule has 0 saturated heterocycles. The fourth-order valence-electron chi connectivity index (χ4n) is 3.74. The van der Waals surface area contributed by atoms with Crippen LogP contribution in [0.5, 0.6) is 0 Å². The van der Waals surface area contributed by atoms with Crippen molar-refractivity contribution in [3.8, 4) is 0 Å². The summed E-state index contributed by atoms with van der Waals surface area (Å²) >= 11 is 7.25. The Hall–Kier alpha value is 0.180. The van der Waals surface area contributed by atoms with Crippen LogP contribution in [0.25, 0.3) is 0 Å². The van der Waals surface area contributed by atoms with Gasteiger partial charge >= 0.3 is 0 Å². The molecule has 0 aliphatic heterocycles. The van der Waals surface area contributed by atoms with Crippen LogP contribution in [-0.4, -0.2) is 0 Å². The Morgan fingerprint density at radius 3 is 1.83 bits per heavy atom. The second-order valence-electron chi connectivity index (χ2n) is 6.22. The molecule has 2 aliphatic rings. The normalized spacial score (nSPS) is 28.4. The zero-order valence-corrected chi connectivity index (χ0v) is 14.1. The summed E-state index contributed by atoms with van der Waals surface area (Å²) in [6.45, 7) is 2.41. The van der Waals surface area contributed by atoms with Gasteiger partial charge in [-0.15, -0.1) is 0 Å². The van der Waals surface area contributed by atoms with Gasteiger partial charge in [0, 0.05) is 8.95 Å². The Kier molecular flexibility index (Phi) is 3.87. The molecule has 0 amide bonds. The molecule has 2 aliphatic carbocycles. The molecule has 0 nitrogen and oxygen atoms in total. The van der Waals surface area contributed by atoms with Crippen molar-refractivity contribution in [1.29, 1.82) is 0 Å². The van der Waals surface area contributed by atoms with E-state index in [0.29, 0.717) is 0 Å². The van der Waals surface area contributed by atoms with Crippen LogP contribution in [0.3, 0.4) is 0 Å². The molecule has 1 aromatic rings. The second kappa shape index (κ2) is 5.28. The van der Waals surface area contributed by atoms with Crippen LogP contribution in [0.1, 0.15) is 43.7 Å². The average Bonchev–Trinajstić information content (AvgIpc) is 2.73. The molecule has 0 aromatic heterocycles. The van der Waals surface area contributed by atoms with E-state index in [1.54, 1.807) is 11.1 Å². The third-order valence-electron chi connectivity index (χ3n) is 4.93. The summed E-state index contributed by atoms with van der Waals surface area (Å²) in [6, 6.07) is 4.65. The van der Waals surface area contributed by atoms with Gasteiger partial charge in [-0.05, 0) is 98.6 Å². The maximum atomic E-state index is 3.63. The summed E-state index contributed by atoms with van der Waals surface area (Å²) < 4.78 is 2.42. The third kappa shape index (κ3) is 2.56. The predicted octanol–water partition coefficient (Wildman–Crippen LogP) is 5.75. The molecule has 0 spiro atoms. The highest BCUT2D eigenvalue weighted by atomic mass is 79.9. The van der Waals surface area contributed by atoms with Crippen LogP contribution in [0.4, 0.5) is 0 Å². The first kappa shape index (κ1) is 13.2. The van der Waals surface area contributed by atoms with Gasteiger partial charge in [0.25, 0.3) is 0 Å². The van der Waals surface area contributed by atoms with Gasteiger partial charge in [-0.2, -0.15) is 0 Å². The minimum absolute atomic E-state index is 0.911. The zero-order chi connectivity index (χ0) is 12.7. The maximum absolute atomic E-state index is 3.63. The first-order chi connectivity index (χ1) is 8.63. The van der Waals surface area contributed by atoms with E-state index < -0.39 is 0 Å². The fraction of sp³-hybridized carbons (Fsp3) is 0.625. The van der Waals surface area contributed by atoms with Crippen LogP contribution in [0.15, 0.2) is 21.1 Å². The molecule has 1 aromatic carbocycles. The van der Waals surface area contributed by atoms with Gasteiger partial charge in [0.15, 0.2) is 0 Å². The number of hydrogen-bond acceptors (Lipinski definition) is 0. The van der Waals surface area contributed by atoms with E-state index in [2.05, 4.69) is 50.9 Å². The van der Waals surface area contributed by atoms with Gasteiger partial charge in [-0.3, -0.25) is 0 Å². The molecule has 2 heteroatoms. The smallest absolute Gasteiger partial charge is 0.0320 e. The third-order valence-corrected chi connectivity index (χ3v) is 6.78. The molecular formula is C16H20Br2. The lowest BCUT2D eigenvalue weighted by atomic mass is 9.75. The molecule has 0 radical (unpaired) electrons. The van der Waals surface area contributed by atoms with Crippen LogP contribution < -0.4 is 0 Å². The summed E-state index contributed by atoms with van der Waals surface area (Å²) in [5.41, 5.74) is 3.15. The van der Waals surface area contributed by atoms with E-state index in [-0.39, 0.29) is 0 Å². The first-order valence-electron chi connectivity index (χ1n) is 7.10. The fourth-order valence-corrected chi connectivity index (χ4v) is 4.52. The average molecular weight is 372 g/mol. The van der Waals surface area contributed by atoms with E-state index in [1.807, 2.05) is 0 Å². The number of halogens is 2. The zero-order valence-electron chi connectivity index (χ0n) is 10.9. The molecule has 0 N–H and O–H groups in total. The Labute approximate surface area is 127 Å². The van der Waals surface area contributed by atoms with Crippen molar-refractivity contribution in [3.05, 3.63) is 32.2 Å². The van der Waals surface area contributed by atoms with E-state index in [4.69, 9.17) is 0 Å². The van der Waals surface area contributed by atoms with Crippen molar-refractivity contribution in [2.75, 3.05) is 0 Å². The van der Waals surface area contributed by atoms with Crippen LogP contribution >= 0.6 is 31.9 Å². The molecule has 1 saturated carbocycles. The highest BCUT2D eigenvalue weighted by Crippen LogP contribution is 2.41. The molecule has 18 heavy (non-hydrogen) atoms. The van der Waals surface area contributed by atoms with Gasteiger partial charge in [0.1, 0.15) is 0 Å². The SMILES string of the molecule is CC1CCC(C2Cc3cc(Br)c(Br)cc3C2)CC1. The van der Waals surface area contributed by atoms with E-state index in [9.17, 15) is 0 Å². The van der Waals surface area contributed by atoms with E-state index in [1.165, 1.54) is 47.5 Å². The molecule has 3 rings (SSSR count). The molecule has 0 unspecified atom stereocenters. The molecular weight excluding hydrogens is 352 g/mol. The minimum atomic E-state index is 0.911. The summed E-state index contributed by atoms with van der Waals surface area (Å²) in [5.74, 6) is 2.85. The minimum Gasteiger partial charge on any atom is -0.0625 e. The Balaban J connectivity index is 1.73. The van der Waals surface area contributed by atoms with Crippen molar-refractivity contribution < 1.29 is 0 Å². The maximum Gasteiger partial charge on any atom is 0.0320 e. The van der Waals surface area contributed by atoms with Crippen LogP contribution in [0.2, 0.25) is 0 Å². The van der Waals surface area contributed by atoms with Crippen LogP contribution in [-0.2, 0) is 12.8 Å². The van der Waals surface area contributed by atoms with E-state index in [0.717, 1.165) is 17.8 Å². The monoisotopic (exact) mass is 370 g/mol. The summed E-state index contributed by atoms with van der Waals surface area (Å²) in [4.78, 5) is 0. The van der Waals surface area contributed by atoms with Crippen molar-refractivity contribution in [2.24, 2.45) is 17.8 Å². The highest BCUT2D eigenvalue weighted by molar-refractivity contribution is 9.13. The molecule has 98 valence electrons. The van der Waals surface area contributed by atoms with Crippen molar-refractivity contribution >= 4 is 31.9 Å². The van der Waals surface area contributed by atoms with Gasteiger partial charge in [0.2, 0.25) is 0 Å². The Bertz CT molecular complexity index is 414. The van der Waals surface area contributed by atoms with Gasteiger partial charge in [0.05, 0.1) is 0 Å². The summed E-state index contributed by atoms with van der Waals surface area (Å²) in [7, 11) is 0. The number of hydrogen-bond donors (Lipinski definition) is 0. The first-order valence-corrected chi connectivity index (χ1v) is 8.69. The highest BCUT2D eigenvalue weighted by Gasteiger charge is 2.31. The second-order valence-corrected chi connectivity index (χ2v) is 7.93. The Morgan fingerprint density at radius 2 is 1.33 bits per heavy atom. The molecule has 1 fully saturated rings. The standard InChI is InChI=1S/C16H20Br2/c1-10-2-4-11(5-3-10)12-6-13-8-15(17)16(18)9-14(13)7-12/h8-12H,2-7H2,1H3. The lowest BCUT2D eigenvalue weighted by Crippen LogP contribution is -2.21. The number of benzene rings is 1. The molecule has 0 bridgehead atoms. The summed E-state index contributed by atoms with van der Waals surface area (Å²) in [6.07, 6.45) is 8.43. The van der Waals surface area contributed by atoms with Crippen molar-refractivity contribution in [3.63, 3.8) is 0 Å². The largest absolute Gasteiger partial charge is 0.0625 e. The Morgan fingerprint density at radius 1 is 0.833 bits per heavy atom. The lowest BCUT2D eigenvalue weighted by Gasteiger charge is -2.30. The predicted molar refractivity (Wildman–Crippen MR) is 83.9 cm³/mol. The topological polar surface area (TPSA) is 0 Å². The van der Waals surface area contributed by atoms with Gasteiger partial charge in [-0.1, -0.05) is 19.8 Å². The van der Waals surface area contributed by atoms with Gasteiger partial charge in [-0.25, -0.2) is 0 Å². The van der Waals surface area contributed by atoms with E-state index >= 15 is 0 Å². The number of fused-ring (bicyclic) bond motifs is 1.